The number of nitrogens with one attached hydrogen (secondary N) is 3. The first kappa shape index (κ1) is 44.6. The zero-order valence-electron chi connectivity index (χ0n) is 36.5. The number of anilines is 1. The van der Waals surface area contributed by atoms with E-state index in [2.05, 4.69) is 10.6 Å². The number of carbonyl (C=O) groups excluding carboxylic acids is 2. The van der Waals surface area contributed by atoms with Crippen LogP contribution in [0.4, 0.5) is 5.69 Å². The maximum atomic E-state index is 13.5. The Bertz CT molecular complexity index is 3690. The van der Waals surface area contributed by atoms with Gasteiger partial charge in [0.2, 0.25) is 0 Å². The minimum Gasteiger partial charge on any atom is -0.507 e. The van der Waals surface area contributed by atoms with Crippen LogP contribution in [0.5, 0.6) is 5.75 Å². The highest BCUT2D eigenvalue weighted by atomic mass is 16.4. The molecule has 0 bridgehead atoms. The molecular formula is C53H38N4O12. The number of rotatable bonds is 12. The van der Waals surface area contributed by atoms with E-state index in [1.54, 1.807) is 36.4 Å². The second kappa shape index (κ2) is 17.7. The fourth-order valence-electron chi connectivity index (χ4n) is 8.37. The molecule has 0 radical (unpaired) electrons. The molecule has 342 valence electrons. The molecule has 2 aliphatic heterocycles. The van der Waals surface area contributed by atoms with E-state index < -0.39 is 35.2 Å². The predicted octanol–water partition coefficient (Wildman–Crippen LogP) is 8.29. The highest BCUT2D eigenvalue weighted by Gasteiger charge is 2.26. The van der Waals surface area contributed by atoms with Gasteiger partial charge in [0.05, 0.1) is 34.2 Å². The van der Waals surface area contributed by atoms with Gasteiger partial charge in [-0.2, -0.15) is 0 Å². The van der Waals surface area contributed by atoms with E-state index in [0.717, 1.165) is 11.8 Å². The average Bonchev–Trinajstić information content (AvgIpc) is 3.33. The first-order chi connectivity index (χ1) is 33.1. The molecule has 0 saturated carbocycles. The molecule has 5 aromatic rings. The number of carboxylic acid groups (broad SMARTS) is 3. The summed E-state index contributed by atoms with van der Waals surface area (Å²) < 4.78 is 12.4. The van der Waals surface area contributed by atoms with Crippen LogP contribution in [-0.4, -0.2) is 64.2 Å². The molecule has 2 amide bonds. The largest absolute Gasteiger partial charge is 0.507 e. The normalized spacial score (nSPS) is 11.2. The Morgan fingerprint density at radius 2 is 1.13 bits per heavy atom. The third-order valence-electron chi connectivity index (χ3n) is 11.8. The number of phenols is 1. The topological polar surface area (TPSA) is 261 Å². The summed E-state index contributed by atoms with van der Waals surface area (Å²) in [7, 11) is 3.77. The molecule has 7 N–H and O–H groups in total. The summed E-state index contributed by atoms with van der Waals surface area (Å²) in [4.78, 5) is 78.3. The number of aromatic hydroxyl groups is 1. The quantitative estimate of drug-likeness (QED) is 0.0570. The van der Waals surface area contributed by atoms with E-state index in [9.17, 15) is 49.2 Å². The van der Waals surface area contributed by atoms with Crippen molar-refractivity contribution in [1.82, 2.24) is 10.6 Å². The van der Waals surface area contributed by atoms with Crippen molar-refractivity contribution in [1.29, 1.82) is 5.41 Å². The van der Waals surface area contributed by atoms with Crippen LogP contribution < -0.4 is 26.3 Å². The number of aromatic carboxylic acids is 3. The number of carboxylic acids is 3. The van der Waals surface area contributed by atoms with Gasteiger partial charge < -0.3 is 50.2 Å². The molecule has 5 aromatic carbocycles. The number of hydrogen-bond donors (Lipinski definition) is 7. The summed E-state index contributed by atoms with van der Waals surface area (Å²) in [6.07, 6.45) is 0. The third kappa shape index (κ3) is 8.45. The summed E-state index contributed by atoms with van der Waals surface area (Å²) in [5, 5.41) is 56.1. The lowest BCUT2D eigenvalue weighted by atomic mass is 9.89. The van der Waals surface area contributed by atoms with E-state index in [4.69, 9.17) is 14.2 Å². The molecule has 69 heavy (non-hydrogen) atoms. The molecule has 2 heterocycles. The standard InChI is InChI=1S/C53H38N4O12/c1-57(2)31-10-15-36-44(22-31)68-43-21-30(54)9-14-35(43)46(36)33-12-7-28(19-39(33)52(64)65)50(61)55-24-26-3-5-27(6-4-26)49(60)56-25-41-42(59)18-17-38-47(37-16-11-32(58)23-45(37)69-48(38)41)34-13-8-29(51(62)63)20-40(34)53(66)67/h3-23,54,59H,24-25H2,1-2H3,(H,55,61)(H,56,60)(H,62,63)(H,64,65)(H,66,67). The predicted molar refractivity (Wildman–Crippen MR) is 254 cm³/mol. The number of amides is 2. The Balaban J connectivity index is 0.942. The summed E-state index contributed by atoms with van der Waals surface area (Å²) in [6.45, 7) is -0.249. The zero-order chi connectivity index (χ0) is 48.8. The smallest absolute Gasteiger partial charge is 0.336 e. The molecule has 16 heteroatoms. The van der Waals surface area contributed by atoms with Gasteiger partial charge in [-0.15, -0.1) is 0 Å². The summed E-state index contributed by atoms with van der Waals surface area (Å²) >= 11 is 0. The third-order valence-corrected chi connectivity index (χ3v) is 11.8. The van der Waals surface area contributed by atoms with E-state index in [1.807, 2.05) is 37.2 Å². The zero-order valence-corrected chi connectivity index (χ0v) is 36.5. The summed E-state index contributed by atoms with van der Waals surface area (Å²) in [5.41, 5.74) is 3.63. The maximum Gasteiger partial charge on any atom is 0.336 e. The Morgan fingerprint density at radius 1 is 0.565 bits per heavy atom. The number of carbonyl (C=O) groups is 5. The van der Waals surface area contributed by atoms with Crippen molar-refractivity contribution in [3.8, 4) is 50.7 Å². The van der Waals surface area contributed by atoms with E-state index in [0.29, 0.717) is 55.5 Å². The van der Waals surface area contributed by atoms with Gasteiger partial charge in [-0.25, -0.2) is 14.4 Å². The van der Waals surface area contributed by atoms with Crippen LogP contribution in [0.25, 0.3) is 66.8 Å². The van der Waals surface area contributed by atoms with Crippen LogP contribution in [0, 0.1) is 5.41 Å². The fraction of sp³-hybridized carbons (Fsp3) is 0.0755. The van der Waals surface area contributed by atoms with Crippen molar-refractivity contribution >= 4 is 57.3 Å². The Labute approximate surface area is 390 Å². The van der Waals surface area contributed by atoms with Crippen LogP contribution in [0.3, 0.4) is 0 Å². The van der Waals surface area contributed by atoms with Crippen molar-refractivity contribution < 1.29 is 53.2 Å². The Kier molecular flexibility index (Phi) is 11.4. The van der Waals surface area contributed by atoms with Gasteiger partial charge in [0.25, 0.3) is 11.8 Å². The van der Waals surface area contributed by atoms with E-state index in [1.165, 1.54) is 66.7 Å². The lowest BCUT2D eigenvalue weighted by Gasteiger charge is -2.19. The Hall–Kier alpha value is -9.57. The first-order valence-electron chi connectivity index (χ1n) is 21.1. The number of fused-ring (bicyclic) bond motifs is 4. The first-order valence-corrected chi connectivity index (χ1v) is 21.1. The van der Waals surface area contributed by atoms with Gasteiger partial charge in [0.1, 0.15) is 28.4 Å². The monoisotopic (exact) mass is 922 g/mol. The van der Waals surface area contributed by atoms with E-state index in [-0.39, 0.29) is 74.5 Å². The van der Waals surface area contributed by atoms with Crippen LogP contribution >= 0.6 is 0 Å². The molecule has 16 nitrogen and oxygen atoms in total. The molecule has 0 aromatic heterocycles. The van der Waals surface area contributed by atoms with Crippen LogP contribution in [0.1, 0.15) is 62.9 Å². The number of nitrogens with zero attached hydrogens (tertiary/aromatic N) is 1. The van der Waals surface area contributed by atoms with Crippen LogP contribution in [0.2, 0.25) is 0 Å². The van der Waals surface area contributed by atoms with Crippen molar-refractivity contribution in [2.45, 2.75) is 13.1 Å². The van der Waals surface area contributed by atoms with Gasteiger partial charge in [-0.1, -0.05) is 24.3 Å². The van der Waals surface area contributed by atoms with Crippen molar-refractivity contribution in [2.75, 3.05) is 19.0 Å². The molecule has 0 atom stereocenters. The summed E-state index contributed by atoms with van der Waals surface area (Å²) in [6, 6.07) is 31.6. The van der Waals surface area contributed by atoms with Gasteiger partial charge in [-0.05, 0) is 102 Å². The van der Waals surface area contributed by atoms with Crippen LogP contribution in [0.15, 0.2) is 141 Å². The van der Waals surface area contributed by atoms with Gasteiger partial charge in [0, 0.05) is 88.7 Å². The molecule has 0 unspecified atom stereocenters. The second-order valence-electron chi connectivity index (χ2n) is 16.3. The van der Waals surface area contributed by atoms with Gasteiger partial charge >= 0.3 is 17.9 Å². The van der Waals surface area contributed by atoms with Crippen LogP contribution in [-0.2, 0) is 13.1 Å². The Morgan fingerprint density at radius 3 is 1.80 bits per heavy atom. The molecule has 0 spiro atoms. The highest BCUT2D eigenvalue weighted by molar-refractivity contribution is 6.11. The molecule has 4 aliphatic rings. The molecule has 0 fully saturated rings. The average molecular weight is 923 g/mol. The minimum atomic E-state index is -1.40. The highest BCUT2D eigenvalue weighted by Crippen LogP contribution is 2.45. The fourth-order valence-corrected chi connectivity index (χ4v) is 8.37. The SMILES string of the molecule is CN(C)c1ccc2c(-c3ccc(C(=O)NCc4ccc(C(=O)NCc5c(O)ccc6c(-c7ccc(C(=O)O)cc7C(=O)O)c7ccc(=O)cc-7oc56)cc4)cc3C(=O)O)c3ccc(=N)cc-3oc2c1. The molecule has 0 saturated heterocycles. The number of benzene rings is 7. The summed E-state index contributed by atoms with van der Waals surface area (Å²) in [5.74, 6) is -4.89. The molecule has 2 aliphatic carbocycles. The second-order valence-corrected chi connectivity index (χ2v) is 16.3. The van der Waals surface area contributed by atoms with E-state index >= 15 is 0 Å². The van der Waals surface area contributed by atoms with Gasteiger partial charge in [0.15, 0.2) is 5.43 Å². The van der Waals surface area contributed by atoms with Crippen molar-refractivity contribution in [3.05, 3.63) is 182 Å². The minimum absolute atomic E-state index is 0.0272. The number of hydrogen-bond acceptors (Lipinski definition) is 11. The lowest BCUT2D eigenvalue weighted by molar-refractivity contribution is 0.0682. The maximum absolute atomic E-state index is 13.5. The number of phenolic OH excluding ortho intramolecular Hbond substituents is 1. The van der Waals surface area contributed by atoms with Gasteiger partial charge in [-0.3, -0.25) is 14.4 Å². The molecular weight excluding hydrogens is 885 g/mol. The molecule has 9 rings (SSSR count). The lowest BCUT2D eigenvalue weighted by Crippen LogP contribution is -2.24. The van der Waals surface area contributed by atoms with Crippen molar-refractivity contribution in [2.24, 2.45) is 0 Å². The van der Waals surface area contributed by atoms with Crippen molar-refractivity contribution in [3.63, 3.8) is 0 Å².